The number of hydrogen-bond acceptors (Lipinski definition) is 5. The second kappa shape index (κ2) is 6.21. The molecular formula is C13H20N4O4. The van der Waals surface area contributed by atoms with Crippen LogP contribution in [0.2, 0.25) is 0 Å². The zero-order valence-corrected chi connectivity index (χ0v) is 12.3. The molecule has 1 aromatic rings. The standard InChI is InChI=1S/C13H20N4O4/c1-9-13(17(20)21)10(2)16(14-9)7-12(19)15-6-4-3-5-11(15)8-18/h11,18H,3-8H2,1-2H3. The molecule has 0 saturated carbocycles. The smallest absolute Gasteiger partial charge is 0.312 e. The molecule has 1 fully saturated rings. The fourth-order valence-electron chi connectivity index (χ4n) is 2.84. The first-order valence-corrected chi connectivity index (χ1v) is 7.04. The third-order valence-electron chi connectivity index (χ3n) is 3.97. The van der Waals surface area contributed by atoms with E-state index in [1.165, 1.54) is 4.68 Å². The predicted octanol–water partition coefficient (Wildman–Crippen LogP) is 0.782. The van der Waals surface area contributed by atoms with E-state index in [9.17, 15) is 20.0 Å². The number of aliphatic hydroxyl groups is 1. The Hall–Kier alpha value is -1.96. The molecule has 2 heterocycles. The fourth-order valence-corrected chi connectivity index (χ4v) is 2.84. The SMILES string of the molecule is Cc1nn(CC(=O)N2CCCCC2CO)c(C)c1[N+](=O)[O-]. The van der Waals surface area contributed by atoms with Crippen molar-refractivity contribution >= 4 is 11.6 Å². The van der Waals surface area contributed by atoms with Gasteiger partial charge < -0.3 is 10.0 Å². The van der Waals surface area contributed by atoms with Crippen LogP contribution >= 0.6 is 0 Å². The molecule has 1 aromatic heterocycles. The molecule has 1 atom stereocenters. The topological polar surface area (TPSA) is 102 Å². The van der Waals surface area contributed by atoms with Crippen molar-refractivity contribution < 1.29 is 14.8 Å². The highest BCUT2D eigenvalue weighted by Crippen LogP contribution is 2.22. The van der Waals surface area contributed by atoms with Crippen LogP contribution in [-0.4, -0.2) is 49.8 Å². The van der Waals surface area contributed by atoms with E-state index >= 15 is 0 Å². The first-order valence-electron chi connectivity index (χ1n) is 7.04. The largest absolute Gasteiger partial charge is 0.394 e. The van der Waals surface area contributed by atoms with Crippen LogP contribution < -0.4 is 0 Å². The lowest BCUT2D eigenvalue weighted by Gasteiger charge is -2.34. The van der Waals surface area contributed by atoms with Gasteiger partial charge in [0.05, 0.1) is 17.6 Å². The molecule has 0 bridgehead atoms. The Morgan fingerprint density at radius 3 is 2.76 bits per heavy atom. The first-order chi connectivity index (χ1) is 9.95. The summed E-state index contributed by atoms with van der Waals surface area (Å²) in [5.41, 5.74) is 0.645. The van der Waals surface area contributed by atoms with Gasteiger partial charge in [-0.2, -0.15) is 5.10 Å². The minimum absolute atomic E-state index is 0.0307. The molecule has 0 aliphatic carbocycles. The van der Waals surface area contributed by atoms with E-state index < -0.39 is 4.92 Å². The first kappa shape index (κ1) is 15.4. The molecule has 1 aliphatic rings. The van der Waals surface area contributed by atoms with E-state index in [4.69, 9.17) is 0 Å². The van der Waals surface area contributed by atoms with Crippen molar-refractivity contribution in [3.05, 3.63) is 21.5 Å². The van der Waals surface area contributed by atoms with E-state index in [0.29, 0.717) is 17.9 Å². The van der Waals surface area contributed by atoms with Gasteiger partial charge in [-0.05, 0) is 33.1 Å². The molecule has 1 aliphatic heterocycles. The summed E-state index contributed by atoms with van der Waals surface area (Å²) in [6, 6.07) is -0.154. The summed E-state index contributed by atoms with van der Waals surface area (Å²) in [6.07, 6.45) is 2.71. The lowest BCUT2D eigenvalue weighted by Crippen LogP contribution is -2.47. The number of aryl methyl sites for hydroxylation is 1. The van der Waals surface area contributed by atoms with Crippen LogP contribution in [-0.2, 0) is 11.3 Å². The molecular weight excluding hydrogens is 276 g/mol. The van der Waals surface area contributed by atoms with Crippen molar-refractivity contribution in [3.8, 4) is 0 Å². The van der Waals surface area contributed by atoms with Gasteiger partial charge in [-0.1, -0.05) is 0 Å². The van der Waals surface area contributed by atoms with Crippen molar-refractivity contribution in [2.45, 2.75) is 45.7 Å². The Morgan fingerprint density at radius 2 is 2.19 bits per heavy atom. The summed E-state index contributed by atoms with van der Waals surface area (Å²) in [4.78, 5) is 24.5. The highest BCUT2D eigenvalue weighted by molar-refractivity contribution is 5.76. The van der Waals surface area contributed by atoms with Crippen LogP contribution in [0.3, 0.4) is 0 Å². The third-order valence-corrected chi connectivity index (χ3v) is 3.97. The Bertz CT molecular complexity index is 555. The number of piperidine rings is 1. The number of rotatable bonds is 4. The fraction of sp³-hybridized carbons (Fsp3) is 0.692. The van der Waals surface area contributed by atoms with Crippen molar-refractivity contribution in [3.63, 3.8) is 0 Å². The minimum atomic E-state index is -0.476. The maximum absolute atomic E-state index is 12.4. The van der Waals surface area contributed by atoms with Crippen LogP contribution in [0.25, 0.3) is 0 Å². The summed E-state index contributed by atoms with van der Waals surface area (Å²) in [7, 11) is 0. The molecule has 1 amide bonds. The lowest BCUT2D eigenvalue weighted by atomic mass is 10.0. The van der Waals surface area contributed by atoms with Crippen molar-refractivity contribution in [2.75, 3.05) is 13.2 Å². The van der Waals surface area contributed by atoms with Crippen LogP contribution in [0.4, 0.5) is 5.69 Å². The average Bonchev–Trinajstić information content (AvgIpc) is 2.73. The lowest BCUT2D eigenvalue weighted by molar-refractivity contribution is -0.386. The van der Waals surface area contributed by atoms with E-state index in [1.807, 2.05) is 0 Å². The van der Waals surface area contributed by atoms with E-state index in [2.05, 4.69) is 5.10 Å². The van der Waals surface area contributed by atoms with Gasteiger partial charge in [0.1, 0.15) is 17.9 Å². The van der Waals surface area contributed by atoms with E-state index in [0.717, 1.165) is 19.3 Å². The molecule has 8 heteroatoms. The number of aliphatic hydroxyl groups excluding tert-OH is 1. The molecule has 1 unspecified atom stereocenters. The van der Waals surface area contributed by atoms with Crippen LogP contribution in [0, 0.1) is 24.0 Å². The molecule has 1 N–H and O–H groups in total. The summed E-state index contributed by atoms with van der Waals surface area (Å²) < 4.78 is 1.37. The molecule has 1 saturated heterocycles. The van der Waals surface area contributed by atoms with Crippen molar-refractivity contribution in [1.29, 1.82) is 0 Å². The maximum atomic E-state index is 12.4. The second-order valence-corrected chi connectivity index (χ2v) is 5.35. The summed E-state index contributed by atoms with van der Waals surface area (Å²) in [5, 5.41) is 24.4. The highest BCUT2D eigenvalue weighted by Gasteiger charge is 2.28. The Balaban J connectivity index is 2.16. The Labute approximate surface area is 122 Å². The zero-order chi connectivity index (χ0) is 15.6. The van der Waals surface area contributed by atoms with E-state index in [-0.39, 0.29) is 30.8 Å². The zero-order valence-electron chi connectivity index (χ0n) is 12.3. The maximum Gasteiger partial charge on any atom is 0.312 e. The number of aromatic nitrogens is 2. The van der Waals surface area contributed by atoms with Crippen LogP contribution in [0.15, 0.2) is 0 Å². The molecule has 0 radical (unpaired) electrons. The van der Waals surface area contributed by atoms with Gasteiger partial charge in [-0.3, -0.25) is 19.6 Å². The number of likely N-dealkylation sites (tertiary alicyclic amines) is 1. The Kier molecular flexibility index (Phi) is 4.56. The average molecular weight is 296 g/mol. The molecule has 8 nitrogen and oxygen atoms in total. The number of hydrogen-bond donors (Lipinski definition) is 1. The highest BCUT2D eigenvalue weighted by atomic mass is 16.6. The molecule has 2 rings (SSSR count). The summed E-state index contributed by atoms with van der Waals surface area (Å²) >= 11 is 0. The van der Waals surface area contributed by atoms with Crippen LogP contribution in [0.5, 0.6) is 0 Å². The monoisotopic (exact) mass is 296 g/mol. The van der Waals surface area contributed by atoms with Crippen LogP contribution in [0.1, 0.15) is 30.7 Å². The number of carbonyl (C=O) groups is 1. The number of nitrogens with zero attached hydrogens (tertiary/aromatic N) is 4. The van der Waals surface area contributed by atoms with Crippen molar-refractivity contribution in [2.24, 2.45) is 0 Å². The number of carbonyl (C=O) groups excluding carboxylic acids is 1. The summed E-state index contributed by atoms with van der Waals surface area (Å²) in [5.74, 6) is -0.158. The summed E-state index contributed by atoms with van der Waals surface area (Å²) in [6.45, 7) is 3.68. The van der Waals surface area contributed by atoms with E-state index in [1.54, 1.807) is 18.7 Å². The molecule has 21 heavy (non-hydrogen) atoms. The van der Waals surface area contributed by atoms with Gasteiger partial charge in [0.15, 0.2) is 0 Å². The Morgan fingerprint density at radius 1 is 1.48 bits per heavy atom. The normalized spacial score (nSPS) is 18.8. The van der Waals surface area contributed by atoms with Gasteiger partial charge in [0.2, 0.25) is 5.91 Å². The van der Waals surface area contributed by atoms with Gasteiger partial charge in [-0.25, -0.2) is 0 Å². The minimum Gasteiger partial charge on any atom is -0.394 e. The predicted molar refractivity (Wildman–Crippen MR) is 74.8 cm³/mol. The van der Waals surface area contributed by atoms with Crippen molar-refractivity contribution in [1.82, 2.24) is 14.7 Å². The third kappa shape index (κ3) is 3.05. The van der Waals surface area contributed by atoms with Gasteiger partial charge >= 0.3 is 5.69 Å². The molecule has 0 spiro atoms. The number of amides is 1. The van der Waals surface area contributed by atoms with Gasteiger partial charge in [-0.15, -0.1) is 0 Å². The molecule has 0 aromatic carbocycles. The number of nitro groups is 1. The van der Waals surface area contributed by atoms with Gasteiger partial charge in [0, 0.05) is 6.54 Å². The molecule has 116 valence electrons. The quantitative estimate of drug-likeness (QED) is 0.653. The second-order valence-electron chi connectivity index (χ2n) is 5.35. The van der Waals surface area contributed by atoms with Gasteiger partial charge in [0.25, 0.3) is 0 Å².